The predicted octanol–water partition coefficient (Wildman–Crippen LogP) is 16.1. The van der Waals surface area contributed by atoms with Crippen molar-refractivity contribution in [2.75, 3.05) is 13.2 Å². The molecule has 1 unspecified atom stereocenters. The van der Waals surface area contributed by atoms with Crippen molar-refractivity contribution in [3.8, 4) is 0 Å². The van der Waals surface area contributed by atoms with Crippen molar-refractivity contribution in [2.45, 2.75) is 181 Å². The van der Waals surface area contributed by atoms with Gasteiger partial charge in [0.1, 0.15) is 13.2 Å². The molecule has 0 saturated heterocycles. The lowest BCUT2D eigenvalue weighted by Crippen LogP contribution is -2.30. The largest absolute Gasteiger partial charge is 0.462 e. The van der Waals surface area contributed by atoms with E-state index >= 15 is 0 Å². The Labute approximate surface area is 385 Å². The van der Waals surface area contributed by atoms with Gasteiger partial charge < -0.3 is 14.2 Å². The molecule has 0 heterocycles. The lowest BCUT2D eigenvalue weighted by atomic mass is 10.1. The van der Waals surface area contributed by atoms with Gasteiger partial charge in [0.05, 0.1) is 0 Å². The van der Waals surface area contributed by atoms with Gasteiger partial charge in [-0.1, -0.05) is 186 Å². The second kappa shape index (κ2) is 49.9. The van der Waals surface area contributed by atoms with Crippen molar-refractivity contribution in [1.29, 1.82) is 0 Å². The maximum Gasteiger partial charge on any atom is 0.306 e. The van der Waals surface area contributed by atoms with Gasteiger partial charge in [-0.15, -0.1) is 0 Å². The van der Waals surface area contributed by atoms with Crippen LogP contribution in [0.5, 0.6) is 0 Å². The number of esters is 3. The topological polar surface area (TPSA) is 78.9 Å². The van der Waals surface area contributed by atoms with Crippen molar-refractivity contribution < 1.29 is 28.6 Å². The van der Waals surface area contributed by atoms with E-state index in [1.807, 2.05) is 36.5 Å². The number of unbranched alkanes of at least 4 members (excludes halogenated alkanes) is 9. The van der Waals surface area contributed by atoms with Gasteiger partial charge in [0.25, 0.3) is 0 Å². The van der Waals surface area contributed by atoms with Crippen LogP contribution in [0.2, 0.25) is 0 Å². The van der Waals surface area contributed by atoms with E-state index in [0.717, 1.165) is 128 Å². The molecule has 6 nitrogen and oxygen atoms in total. The molecule has 0 bridgehead atoms. The fourth-order valence-corrected chi connectivity index (χ4v) is 5.84. The molecule has 0 fully saturated rings. The molecule has 0 aromatic heterocycles. The number of ether oxygens (including phenoxy) is 3. The van der Waals surface area contributed by atoms with Crippen LogP contribution in [-0.4, -0.2) is 37.2 Å². The molecule has 0 spiro atoms. The molecule has 0 N–H and O–H groups in total. The first-order valence-corrected chi connectivity index (χ1v) is 24.4. The van der Waals surface area contributed by atoms with Crippen LogP contribution in [0.15, 0.2) is 146 Å². The molecule has 0 aromatic carbocycles. The highest BCUT2D eigenvalue weighted by Gasteiger charge is 2.19. The van der Waals surface area contributed by atoms with Gasteiger partial charge in [-0.25, -0.2) is 0 Å². The van der Waals surface area contributed by atoms with E-state index in [1.54, 1.807) is 0 Å². The van der Waals surface area contributed by atoms with E-state index in [1.165, 1.54) is 0 Å². The van der Waals surface area contributed by atoms with Crippen molar-refractivity contribution in [3.05, 3.63) is 146 Å². The first-order chi connectivity index (χ1) is 31.0. The quantitative estimate of drug-likeness (QED) is 0.0200. The summed E-state index contributed by atoms with van der Waals surface area (Å²) in [7, 11) is 0. The molecule has 0 aliphatic rings. The molecule has 6 heteroatoms. The molecule has 0 saturated carbocycles. The van der Waals surface area contributed by atoms with E-state index in [4.69, 9.17) is 14.2 Å². The fraction of sp³-hybridized carbons (Fsp3) is 0.526. The molecule has 0 aliphatic heterocycles. The molecule has 350 valence electrons. The lowest BCUT2D eigenvalue weighted by molar-refractivity contribution is -0.167. The molecular formula is C57H86O6. The van der Waals surface area contributed by atoms with Crippen LogP contribution in [0.1, 0.15) is 175 Å². The van der Waals surface area contributed by atoms with Crippen LogP contribution in [0.25, 0.3) is 0 Å². The zero-order valence-electron chi connectivity index (χ0n) is 39.8. The maximum absolute atomic E-state index is 12.8. The summed E-state index contributed by atoms with van der Waals surface area (Å²) >= 11 is 0. The van der Waals surface area contributed by atoms with Gasteiger partial charge in [-0.3, -0.25) is 14.4 Å². The van der Waals surface area contributed by atoms with Crippen molar-refractivity contribution in [3.63, 3.8) is 0 Å². The van der Waals surface area contributed by atoms with Crippen LogP contribution in [0, 0.1) is 0 Å². The minimum atomic E-state index is -0.830. The maximum atomic E-state index is 12.8. The van der Waals surface area contributed by atoms with Gasteiger partial charge >= 0.3 is 17.9 Å². The lowest BCUT2D eigenvalue weighted by Gasteiger charge is -2.18. The zero-order valence-corrected chi connectivity index (χ0v) is 39.8. The summed E-state index contributed by atoms with van der Waals surface area (Å²) < 4.78 is 16.7. The summed E-state index contributed by atoms with van der Waals surface area (Å²) in [6.45, 7) is 6.14. The number of carbonyl (C=O) groups excluding carboxylic acids is 3. The Morgan fingerprint density at radius 3 is 1.05 bits per heavy atom. The third-order valence-electron chi connectivity index (χ3n) is 9.41. The third kappa shape index (κ3) is 48.2. The van der Waals surface area contributed by atoms with Crippen LogP contribution in [0.3, 0.4) is 0 Å². The number of hydrogen-bond donors (Lipinski definition) is 0. The van der Waals surface area contributed by atoms with E-state index in [0.29, 0.717) is 19.3 Å². The van der Waals surface area contributed by atoms with E-state index in [-0.39, 0.29) is 37.5 Å². The summed E-state index contributed by atoms with van der Waals surface area (Å²) in [5.74, 6) is -1.04. The number of rotatable bonds is 41. The van der Waals surface area contributed by atoms with Crippen molar-refractivity contribution in [2.24, 2.45) is 0 Å². The highest BCUT2D eigenvalue weighted by molar-refractivity contribution is 5.71. The van der Waals surface area contributed by atoms with E-state index < -0.39 is 6.10 Å². The molecule has 0 radical (unpaired) electrons. The van der Waals surface area contributed by atoms with Gasteiger partial charge in [-0.2, -0.15) is 0 Å². The Morgan fingerprint density at radius 2 is 0.651 bits per heavy atom. The van der Waals surface area contributed by atoms with Crippen LogP contribution in [0.4, 0.5) is 0 Å². The minimum Gasteiger partial charge on any atom is -0.462 e. The Morgan fingerprint density at radius 1 is 0.333 bits per heavy atom. The summed E-state index contributed by atoms with van der Waals surface area (Å²) in [5.41, 5.74) is 0. The van der Waals surface area contributed by atoms with Crippen LogP contribution in [-0.2, 0) is 28.6 Å². The molecule has 0 aliphatic carbocycles. The standard InChI is InChI=1S/C57H86O6/c1-4-7-10-13-16-19-22-25-27-29-32-35-38-41-44-47-50-56(59)62-53-54(52-61-55(58)49-46-43-40-37-34-31-24-21-18-15-12-9-6-3)63-57(60)51-48-45-42-39-36-33-30-28-26-23-20-17-14-11-8-5-2/h7-12,15-21,24-28,31-36,54H,4-6,13-14,22-23,29-30,37-53H2,1-3H3/b10-7+,11-8+,12-9+,18-15+,19-16+,20-17+,24-21+,27-25+,28-26+,34-31+,35-32+,36-33+. The van der Waals surface area contributed by atoms with Gasteiger partial charge in [0, 0.05) is 19.3 Å². The van der Waals surface area contributed by atoms with Crippen LogP contribution >= 0.6 is 0 Å². The summed E-state index contributed by atoms with van der Waals surface area (Å²) in [6.07, 6.45) is 71.1. The second-order valence-corrected chi connectivity index (χ2v) is 15.3. The normalized spacial score (nSPS) is 13.4. The molecular weight excluding hydrogens is 781 g/mol. The van der Waals surface area contributed by atoms with Crippen LogP contribution < -0.4 is 0 Å². The number of allylic oxidation sites excluding steroid dienone is 24. The third-order valence-corrected chi connectivity index (χ3v) is 9.41. The first-order valence-electron chi connectivity index (χ1n) is 24.4. The Balaban J connectivity index is 4.60. The summed E-state index contributed by atoms with van der Waals surface area (Å²) in [5, 5.41) is 0. The Bertz CT molecular complexity index is 1460. The van der Waals surface area contributed by atoms with Crippen molar-refractivity contribution in [1.82, 2.24) is 0 Å². The van der Waals surface area contributed by atoms with E-state index in [9.17, 15) is 14.4 Å². The minimum absolute atomic E-state index is 0.127. The smallest absolute Gasteiger partial charge is 0.306 e. The second-order valence-electron chi connectivity index (χ2n) is 15.3. The average molecular weight is 867 g/mol. The van der Waals surface area contributed by atoms with E-state index in [2.05, 4.69) is 130 Å². The molecule has 0 rings (SSSR count). The first kappa shape index (κ1) is 58.3. The Hall–Kier alpha value is -4.71. The highest BCUT2D eigenvalue weighted by Crippen LogP contribution is 2.11. The van der Waals surface area contributed by atoms with Crippen molar-refractivity contribution >= 4 is 17.9 Å². The summed E-state index contributed by atoms with van der Waals surface area (Å²) in [4.78, 5) is 37.9. The monoisotopic (exact) mass is 867 g/mol. The highest BCUT2D eigenvalue weighted by atomic mass is 16.6. The summed E-state index contributed by atoms with van der Waals surface area (Å²) in [6, 6.07) is 0. The van der Waals surface area contributed by atoms with Gasteiger partial charge in [-0.05, 0) is 116 Å². The fourth-order valence-electron chi connectivity index (χ4n) is 5.84. The SMILES string of the molecule is CC/C=C/C=C/C=C/C=C/CCCCCC(=O)OCC(COC(=O)CCCCC/C=C/C/C=C/C/C=C/C/C=C/CC)OC(=O)CCCCC/C=C/C/C=C/C/C=C/C/C=C/CC. The predicted molar refractivity (Wildman–Crippen MR) is 269 cm³/mol. The number of hydrogen-bond acceptors (Lipinski definition) is 6. The molecule has 0 aromatic rings. The molecule has 0 amide bonds. The Kier molecular flexibility index (Phi) is 46.2. The average Bonchev–Trinajstić information content (AvgIpc) is 3.28. The van der Waals surface area contributed by atoms with Gasteiger partial charge in [0.15, 0.2) is 6.10 Å². The number of carbonyl (C=O) groups is 3. The molecule has 63 heavy (non-hydrogen) atoms. The zero-order chi connectivity index (χ0) is 45.8. The van der Waals surface area contributed by atoms with Gasteiger partial charge in [0.2, 0.25) is 0 Å². The molecule has 1 atom stereocenters.